The lowest BCUT2D eigenvalue weighted by Gasteiger charge is -2.13. The first-order valence-electron chi connectivity index (χ1n) is 5.76. The van der Waals surface area contributed by atoms with Gasteiger partial charge in [-0.3, -0.25) is 0 Å². The molecule has 86 valence electrons. The van der Waals surface area contributed by atoms with Crippen molar-refractivity contribution in [2.45, 2.75) is 18.9 Å². The van der Waals surface area contributed by atoms with Crippen LogP contribution >= 0.6 is 22.6 Å². The van der Waals surface area contributed by atoms with Gasteiger partial charge in [-0.25, -0.2) is 9.97 Å². The summed E-state index contributed by atoms with van der Waals surface area (Å²) in [6, 6.07) is 0.589. The quantitative estimate of drug-likeness (QED) is 0.807. The van der Waals surface area contributed by atoms with Gasteiger partial charge in [-0.1, -0.05) is 0 Å². The summed E-state index contributed by atoms with van der Waals surface area (Å²) in [5.74, 6) is 2.65. The van der Waals surface area contributed by atoms with Crippen molar-refractivity contribution in [1.82, 2.24) is 15.3 Å². The fraction of sp³-hybridized carbons (Fsp3) is 0.636. The third kappa shape index (κ3) is 2.15. The van der Waals surface area contributed by atoms with Crippen LogP contribution in [0.5, 0.6) is 0 Å². The van der Waals surface area contributed by atoms with Gasteiger partial charge in [0.1, 0.15) is 9.52 Å². The Morgan fingerprint density at radius 1 is 1.19 bits per heavy atom. The van der Waals surface area contributed by atoms with Crippen LogP contribution in [0, 0.1) is 15.5 Å². The molecule has 2 fully saturated rings. The van der Waals surface area contributed by atoms with Crippen LogP contribution in [0.2, 0.25) is 0 Å². The Labute approximate surface area is 109 Å². The van der Waals surface area contributed by atoms with E-state index in [0.717, 1.165) is 21.4 Å². The maximum Gasteiger partial charge on any atom is 0.144 e. The first kappa shape index (κ1) is 10.7. The Morgan fingerprint density at radius 3 is 2.56 bits per heavy atom. The zero-order valence-corrected chi connectivity index (χ0v) is 11.1. The van der Waals surface area contributed by atoms with E-state index >= 15 is 0 Å². The molecule has 3 rings (SSSR count). The Balaban J connectivity index is 1.62. The summed E-state index contributed by atoms with van der Waals surface area (Å²) in [6.45, 7) is 2.39. The average molecular weight is 330 g/mol. The predicted molar refractivity (Wildman–Crippen MR) is 71.2 cm³/mol. The number of fused-ring (bicyclic) bond motifs is 1. The topological polar surface area (TPSA) is 49.8 Å². The van der Waals surface area contributed by atoms with Crippen molar-refractivity contribution in [2.75, 3.05) is 18.4 Å². The zero-order chi connectivity index (χ0) is 11.0. The molecule has 1 aromatic heterocycles. The van der Waals surface area contributed by atoms with E-state index in [1.807, 2.05) is 6.20 Å². The summed E-state index contributed by atoms with van der Waals surface area (Å²) >= 11 is 2.17. The monoisotopic (exact) mass is 330 g/mol. The predicted octanol–water partition coefficient (Wildman–Crippen LogP) is 1.49. The Bertz CT molecular complexity index is 355. The molecular formula is C11H15IN4. The summed E-state index contributed by atoms with van der Waals surface area (Å²) in [4.78, 5) is 8.58. The van der Waals surface area contributed by atoms with Crippen LogP contribution in [0.25, 0.3) is 0 Å². The highest BCUT2D eigenvalue weighted by Gasteiger charge is 2.37. The molecule has 0 amide bonds. The van der Waals surface area contributed by atoms with Crippen molar-refractivity contribution in [3.05, 3.63) is 16.1 Å². The Hall–Kier alpha value is -0.430. The van der Waals surface area contributed by atoms with Crippen molar-refractivity contribution < 1.29 is 0 Å². The van der Waals surface area contributed by atoms with Gasteiger partial charge in [-0.15, -0.1) is 0 Å². The molecule has 1 aromatic rings. The SMILES string of the molecule is Ic1cnc(NC2CC3CNC[C@H]3C2)cn1. The number of nitrogens with zero attached hydrogens (tertiary/aromatic N) is 2. The summed E-state index contributed by atoms with van der Waals surface area (Å²) in [5.41, 5.74) is 0. The first-order chi connectivity index (χ1) is 7.81. The molecule has 1 aliphatic carbocycles. The van der Waals surface area contributed by atoms with Crippen molar-refractivity contribution >= 4 is 28.4 Å². The van der Waals surface area contributed by atoms with Crippen LogP contribution in [0.1, 0.15) is 12.8 Å². The number of hydrogen-bond donors (Lipinski definition) is 2. The summed E-state index contributed by atoms with van der Waals surface area (Å²) < 4.78 is 0.940. The molecule has 2 unspecified atom stereocenters. The Morgan fingerprint density at radius 2 is 1.94 bits per heavy atom. The minimum atomic E-state index is 0.589. The van der Waals surface area contributed by atoms with Crippen LogP contribution < -0.4 is 10.6 Å². The molecule has 0 radical (unpaired) electrons. The summed E-state index contributed by atoms with van der Waals surface area (Å²) in [7, 11) is 0. The average Bonchev–Trinajstić information content (AvgIpc) is 2.81. The van der Waals surface area contributed by atoms with E-state index in [9.17, 15) is 0 Å². The standard InChI is InChI=1S/C11H15IN4/c12-10-5-15-11(6-14-10)16-9-1-7-3-13-4-8(7)2-9/h5-9,13H,1-4H2,(H,15,16)/t7-,8?,9?/m1/s1. The van der Waals surface area contributed by atoms with E-state index in [4.69, 9.17) is 0 Å². The largest absolute Gasteiger partial charge is 0.366 e. The second kappa shape index (κ2) is 4.44. The van der Waals surface area contributed by atoms with E-state index in [2.05, 4.69) is 43.2 Å². The zero-order valence-electron chi connectivity index (χ0n) is 8.99. The molecule has 16 heavy (non-hydrogen) atoms. The summed E-state index contributed by atoms with van der Waals surface area (Å²) in [6.07, 6.45) is 6.17. The van der Waals surface area contributed by atoms with E-state index in [1.165, 1.54) is 25.9 Å². The van der Waals surface area contributed by atoms with E-state index in [1.54, 1.807) is 6.20 Å². The minimum absolute atomic E-state index is 0.589. The van der Waals surface area contributed by atoms with Crippen molar-refractivity contribution in [2.24, 2.45) is 11.8 Å². The number of aromatic nitrogens is 2. The molecule has 1 aliphatic heterocycles. The molecule has 2 N–H and O–H groups in total. The van der Waals surface area contributed by atoms with Gasteiger partial charge >= 0.3 is 0 Å². The number of rotatable bonds is 2. The maximum atomic E-state index is 4.34. The third-order valence-corrected chi connectivity index (χ3v) is 4.18. The highest BCUT2D eigenvalue weighted by molar-refractivity contribution is 14.1. The van der Waals surface area contributed by atoms with Gasteiger partial charge in [0.2, 0.25) is 0 Å². The Kier molecular flexibility index (Phi) is 2.97. The van der Waals surface area contributed by atoms with Crippen LogP contribution in [0.4, 0.5) is 5.82 Å². The number of halogens is 1. The number of nitrogens with one attached hydrogen (secondary N) is 2. The van der Waals surface area contributed by atoms with Crippen LogP contribution in [-0.4, -0.2) is 29.1 Å². The second-order valence-corrected chi connectivity index (χ2v) is 5.82. The lowest BCUT2D eigenvalue weighted by Crippen LogP contribution is -2.21. The van der Waals surface area contributed by atoms with Gasteiger partial charge in [0.05, 0.1) is 12.4 Å². The molecule has 2 aliphatic rings. The molecule has 1 saturated heterocycles. The molecule has 0 aromatic carbocycles. The molecule has 2 heterocycles. The first-order valence-corrected chi connectivity index (χ1v) is 6.84. The summed E-state index contributed by atoms with van der Waals surface area (Å²) in [5, 5.41) is 6.95. The third-order valence-electron chi connectivity index (χ3n) is 3.63. The highest BCUT2D eigenvalue weighted by Crippen LogP contribution is 2.35. The van der Waals surface area contributed by atoms with Gasteiger partial charge in [-0.2, -0.15) is 0 Å². The van der Waals surface area contributed by atoms with Gasteiger partial charge in [0, 0.05) is 6.04 Å². The molecule has 1 saturated carbocycles. The van der Waals surface area contributed by atoms with Gasteiger partial charge < -0.3 is 10.6 Å². The van der Waals surface area contributed by atoms with Crippen molar-refractivity contribution in [3.63, 3.8) is 0 Å². The van der Waals surface area contributed by atoms with Gasteiger partial charge in [-0.05, 0) is 60.4 Å². The van der Waals surface area contributed by atoms with E-state index < -0.39 is 0 Å². The van der Waals surface area contributed by atoms with Crippen molar-refractivity contribution in [3.8, 4) is 0 Å². The fourth-order valence-corrected chi connectivity index (χ4v) is 3.16. The molecule has 4 nitrogen and oxygen atoms in total. The fourth-order valence-electron chi connectivity index (χ4n) is 2.88. The molecule has 0 bridgehead atoms. The normalized spacial score (nSPS) is 32.7. The smallest absolute Gasteiger partial charge is 0.144 e. The lowest BCUT2D eigenvalue weighted by atomic mass is 10.0. The van der Waals surface area contributed by atoms with Gasteiger partial charge in [0.25, 0.3) is 0 Å². The minimum Gasteiger partial charge on any atom is -0.366 e. The van der Waals surface area contributed by atoms with Crippen LogP contribution in [0.3, 0.4) is 0 Å². The molecular weight excluding hydrogens is 315 g/mol. The maximum absolute atomic E-state index is 4.34. The lowest BCUT2D eigenvalue weighted by molar-refractivity contribution is 0.494. The van der Waals surface area contributed by atoms with Gasteiger partial charge in [0.15, 0.2) is 0 Å². The second-order valence-electron chi connectivity index (χ2n) is 4.72. The van der Waals surface area contributed by atoms with E-state index in [-0.39, 0.29) is 0 Å². The van der Waals surface area contributed by atoms with Crippen molar-refractivity contribution in [1.29, 1.82) is 0 Å². The molecule has 0 spiro atoms. The number of hydrogen-bond acceptors (Lipinski definition) is 4. The highest BCUT2D eigenvalue weighted by atomic mass is 127. The molecule has 3 atom stereocenters. The van der Waals surface area contributed by atoms with Crippen LogP contribution in [-0.2, 0) is 0 Å². The van der Waals surface area contributed by atoms with Crippen LogP contribution in [0.15, 0.2) is 12.4 Å². The van der Waals surface area contributed by atoms with E-state index in [0.29, 0.717) is 6.04 Å². The molecule has 5 heteroatoms. The number of anilines is 1.